The van der Waals surface area contributed by atoms with Crippen molar-refractivity contribution in [2.45, 2.75) is 6.54 Å². The van der Waals surface area contributed by atoms with Crippen LogP contribution in [0.4, 0.5) is 10.5 Å². The molecule has 156 valence electrons. The molecule has 0 spiro atoms. The van der Waals surface area contributed by atoms with Gasteiger partial charge in [0.05, 0.1) is 16.4 Å². The molecule has 2 heterocycles. The van der Waals surface area contributed by atoms with E-state index in [1.807, 2.05) is 0 Å². The van der Waals surface area contributed by atoms with E-state index in [4.69, 9.17) is 27.6 Å². The zero-order valence-electron chi connectivity index (χ0n) is 15.6. The molecule has 0 saturated carbocycles. The summed E-state index contributed by atoms with van der Waals surface area (Å²) in [5, 5.41) is 11.2. The summed E-state index contributed by atoms with van der Waals surface area (Å²) >= 11 is 12.6. The minimum absolute atomic E-state index is 0.0221. The molecule has 1 aromatic heterocycles. The first kappa shape index (κ1) is 21.2. The molecule has 1 fully saturated rings. The van der Waals surface area contributed by atoms with Crippen LogP contribution in [0.3, 0.4) is 0 Å². The summed E-state index contributed by atoms with van der Waals surface area (Å²) in [7, 11) is 0. The van der Waals surface area contributed by atoms with E-state index in [9.17, 15) is 19.7 Å². The van der Waals surface area contributed by atoms with E-state index in [2.05, 4.69) is 0 Å². The number of rotatable bonds is 5. The quantitative estimate of drug-likeness (QED) is 0.241. The Labute approximate surface area is 190 Å². The summed E-state index contributed by atoms with van der Waals surface area (Å²) in [6.07, 6.45) is 1.47. The molecule has 31 heavy (non-hydrogen) atoms. The number of nitrogens with zero attached hydrogens (tertiary/aromatic N) is 2. The Kier molecular flexibility index (Phi) is 5.86. The van der Waals surface area contributed by atoms with Crippen LogP contribution in [-0.4, -0.2) is 21.0 Å². The SMILES string of the molecule is O=C1S/C(=C\c2ccc(-c3ccc(Cl)c([N+](=O)[O-])c3)o2)C(=O)N1Cc1cccc(Cl)c1. The van der Waals surface area contributed by atoms with Gasteiger partial charge in [0.15, 0.2) is 0 Å². The minimum atomic E-state index is -0.578. The number of nitro groups is 1. The van der Waals surface area contributed by atoms with Crippen LogP contribution in [0.1, 0.15) is 11.3 Å². The fraction of sp³-hybridized carbons (Fsp3) is 0.0476. The third-order valence-electron chi connectivity index (χ3n) is 4.43. The average molecular weight is 475 g/mol. The van der Waals surface area contributed by atoms with Gasteiger partial charge in [-0.2, -0.15) is 0 Å². The smallest absolute Gasteiger partial charge is 0.293 e. The van der Waals surface area contributed by atoms with Crippen molar-refractivity contribution in [1.29, 1.82) is 0 Å². The van der Waals surface area contributed by atoms with Crippen LogP contribution < -0.4 is 0 Å². The highest BCUT2D eigenvalue weighted by atomic mass is 35.5. The zero-order valence-corrected chi connectivity index (χ0v) is 17.9. The molecule has 0 radical (unpaired) electrons. The van der Waals surface area contributed by atoms with Gasteiger partial charge in [-0.05, 0) is 53.7 Å². The highest BCUT2D eigenvalue weighted by molar-refractivity contribution is 8.18. The molecule has 4 rings (SSSR count). The van der Waals surface area contributed by atoms with Gasteiger partial charge in [-0.25, -0.2) is 0 Å². The highest BCUT2D eigenvalue weighted by Gasteiger charge is 2.35. The number of halogens is 2. The second-order valence-corrected chi connectivity index (χ2v) is 8.36. The van der Waals surface area contributed by atoms with Crippen LogP contribution in [0.25, 0.3) is 17.4 Å². The minimum Gasteiger partial charge on any atom is -0.457 e. The molecular formula is C21H12Cl2N2O5S. The van der Waals surface area contributed by atoms with E-state index in [1.54, 1.807) is 42.5 Å². The standard InChI is InChI=1S/C21H12Cl2N2O5S/c22-14-3-1-2-12(8-14)11-24-20(26)19(31-21(24)27)10-15-5-7-18(30-15)13-4-6-16(23)17(9-13)25(28)29/h1-10H,11H2/b19-10-. The van der Waals surface area contributed by atoms with Crippen molar-refractivity contribution in [2.75, 3.05) is 0 Å². The number of benzene rings is 2. The van der Waals surface area contributed by atoms with Crippen LogP contribution in [0.2, 0.25) is 10.0 Å². The molecule has 0 N–H and O–H groups in total. The van der Waals surface area contributed by atoms with Crippen LogP contribution in [0.15, 0.2) is 63.9 Å². The number of hydrogen-bond donors (Lipinski definition) is 0. The Bertz CT molecular complexity index is 1250. The molecule has 7 nitrogen and oxygen atoms in total. The molecule has 0 unspecified atom stereocenters. The maximum absolute atomic E-state index is 12.7. The van der Waals surface area contributed by atoms with Crippen molar-refractivity contribution in [3.63, 3.8) is 0 Å². The summed E-state index contributed by atoms with van der Waals surface area (Å²) in [6.45, 7) is 0.112. The fourth-order valence-corrected chi connectivity index (χ4v) is 4.19. The lowest BCUT2D eigenvalue weighted by atomic mass is 10.1. The second-order valence-electron chi connectivity index (χ2n) is 6.52. The number of furan rings is 1. The van der Waals surface area contributed by atoms with Crippen LogP contribution in [0, 0.1) is 10.1 Å². The van der Waals surface area contributed by atoms with Gasteiger partial charge in [-0.15, -0.1) is 0 Å². The summed E-state index contributed by atoms with van der Waals surface area (Å²) in [6, 6.07) is 14.5. The van der Waals surface area contributed by atoms with Gasteiger partial charge in [0.25, 0.3) is 16.8 Å². The highest BCUT2D eigenvalue weighted by Crippen LogP contribution is 2.35. The Balaban J connectivity index is 1.55. The molecule has 0 aliphatic carbocycles. The Hall–Kier alpha value is -3.07. The topological polar surface area (TPSA) is 93.7 Å². The van der Waals surface area contributed by atoms with Crippen molar-refractivity contribution in [3.05, 3.63) is 91.0 Å². The number of hydrogen-bond acceptors (Lipinski definition) is 6. The molecule has 1 saturated heterocycles. The van der Waals surface area contributed by atoms with Crippen LogP contribution >= 0.6 is 35.0 Å². The van der Waals surface area contributed by atoms with Gasteiger partial charge in [-0.1, -0.05) is 35.3 Å². The average Bonchev–Trinajstić information content (AvgIpc) is 3.29. The Morgan fingerprint density at radius 3 is 2.65 bits per heavy atom. The summed E-state index contributed by atoms with van der Waals surface area (Å²) in [5.74, 6) is 0.264. The van der Waals surface area contributed by atoms with Crippen LogP contribution in [0.5, 0.6) is 0 Å². The monoisotopic (exact) mass is 474 g/mol. The molecule has 3 aromatic rings. The maximum Gasteiger partial charge on any atom is 0.293 e. The van der Waals surface area contributed by atoms with E-state index in [1.165, 1.54) is 18.2 Å². The first-order chi connectivity index (χ1) is 14.8. The number of amides is 2. The van der Waals surface area contributed by atoms with Gasteiger partial charge >= 0.3 is 0 Å². The lowest BCUT2D eigenvalue weighted by molar-refractivity contribution is -0.384. The van der Waals surface area contributed by atoms with Gasteiger partial charge in [0.2, 0.25) is 0 Å². The normalized spacial score (nSPS) is 15.2. The van der Waals surface area contributed by atoms with Gasteiger partial charge in [0, 0.05) is 22.7 Å². The molecular weight excluding hydrogens is 463 g/mol. The predicted molar refractivity (Wildman–Crippen MR) is 119 cm³/mol. The summed E-state index contributed by atoms with van der Waals surface area (Å²) in [5.41, 5.74) is 0.963. The molecule has 1 aliphatic rings. The number of carbonyl (C=O) groups excluding carboxylic acids is 2. The van der Waals surface area contributed by atoms with Crippen molar-refractivity contribution >= 4 is 57.9 Å². The lowest BCUT2D eigenvalue weighted by Crippen LogP contribution is -2.27. The summed E-state index contributed by atoms with van der Waals surface area (Å²) in [4.78, 5) is 36.9. The van der Waals surface area contributed by atoms with E-state index in [0.717, 1.165) is 22.2 Å². The zero-order chi connectivity index (χ0) is 22.1. The second kappa shape index (κ2) is 8.58. The fourth-order valence-electron chi connectivity index (χ4n) is 2.97. The Morgan fingerprint density at radius 2 is 1.90 bits per heavy atom. The molecule has 2 amide bonds. The van der Waals surface area contributed by atoms with Crippen molar-refractivity contribution in [1.82, 2.24) is 4.90 Å². The molecule has 10 heteroatoms. The molecule has 2 aromatic carbocycles. The van der Waals surface area contributed by atoms with E-state index in [-0.39, 0.29) is 22.2 Å². The van der Waals surface area contributed by atoms with Crippen molar-refractivity contribution in [3.8, 4) is 11.3 Å². The predicted octanol–water partition coefficient (Wildman–Crippen LogP) is 6.40. The third kappa shape index (κ3) is 4.51. The summed E-state index contributed by atoms with van der Waals surface area (Å²) < 4.78 is 5.70. The molecule has 0 atom stereocenters. The van der Waals surface area contributed by atoms with E-state index < -0.39 is 16.1 Å². The van der Waals surface area contributed by atoms with Gasteiger partial charge in [0.1, 0.15) is 16.5 Å². The van der Waals surface area contributed by atoms with E-state index in [0.29, 0.717) is 22.1 Å². The Morgan fingerprint density at radius 1 is 1.10 bits per heavy atom. The number of nitro benzene ring substituents is 1. The molecule has 0 bridgehead atoms. The number of imide groups is 1. The number of thioether (sulfide) groups is 1. The van der Waals surface area contributed by atoms with E-state index >= 15 is 0 Å². The third-order valence-corrected chi connectivity index (χ3v) is 5.89. The molecule has 1 aliphatic heterocycles. The maximum atomic E-state index is 12.7. The first-order valence-electron chi connectivity index (χ1n) is 8.86. The lowest BCUT2D eigenvalue weighted by Gasteiger charge is -2.12. The van der Waals surface area contributed by atoms with Crippen molar-refractivity contribution in [2.24, 2.45) is 0 Å². The van der Waals surface area contributed by atoms with Gasteiger partial charge < -0.3 is 4.42 Å². The largest absolute Gasteiger partial charge is 0.457 e. The van der Waals surface area contributed by atoms with Gasteiger partial charge in [-0.3, -0.25) is 24.6 Å². The van der Waals surface area contributed by atoms with Crippen LogP contribution in [-0.2, 0) is 11.3 Å². The number of carbonyl (C=O) groups is 2. The van der Waals surface area contributed by atoms with Crippen molar-refractivity contribution < 1.29 is 18.9 Å². The first-order valence-corrected chi connectivity index (χ1v) is 10.4.